The summed E-state index contributed by atoms with van der Waals surface area (Å²) in [6, 6.07) is 14.1. The fourth-order valence-electron chi connectivity index (χ4n) is 5.59. The molecule has 0 fully saturated rings. The quantitative estimate of drug-likeness (QED) is 0.104. The molecule has 0 bridgehead atoms. The van der Waals surface area contributed by atoms with Crippen molar-refractivity contribution >= 4 is 27.7 Å². The van der Waals surface area contributed by atoms with Gasteiger partial charge in [-0.25, -0.2) is 0 Å². The molecule has 0 atom stereocenters. The minimum Gasteiger partial charge on any atom is -0.512 e. The first-order valence-corrected chi connectivity index (χ1v) is 15.4. The molecule has 0 aliphatic heterocycles. The first kappa shape index (κ1) is 36.4. The van der Waals surface area contributed by atoms with E-state index in [0.717, 1.165) is 76.6 Å². The molecule has 0 saturated heterocycles. The number of aliphatic hydroxyl groups excluding tert-OH is 1. The molecule has 5 nitrogen and oxygen atoms in total. The maximum Gasteiger partial charge on any atom is 0.162 e. The molecule has 235 valence electrons. The van der Waals surface area contributed by atoms with E-state index in [0.29, 0.717) is 0 Å². The summed E-state index contributed by atoms with van der Waals surface area (Å²) >= 11 is 0. The van der Waals surface area contributed by atoms with Gasteiger partial charge in [0.2, 0.25) is 0 Å². The van der Waals surface area contributed by atoms with E-state index in [9.17, 15) is 9.90 Å². The van der Waals surface area contributed by atoms with Gasteiger partial charge in [-0.05, 0) is 56.1 Å². The molecule has 0 spiro atoms. The number of ketones is 1. The average Bonchev–Trinajstić information content (AvgIpc) is 3.28. The number of benzene rings is 2. The van der Waals surface area contributed by atoms with Crippen LogP contribution in [0.5, 0.6) is 0 Å². The molecule has 0 saturated carbocycles. The molecule has 2 aromatic carbocycles. The summed E-state index contributed by atoms with van der Waals surface area (Å²) in [5.41, 5.74) is 8.06. The second-order valence-corrected chi connectivity index (χ2v) is 12.8. The summed E-state index contributed by atoms with van der Waals surface area (Å²) in [6.07, 6.45) is 5.91. The number of hydrogen-bond acceptors (Lipinski definition) is 5. The summed E-state index contributed by atoms with van der Waals surface area (Å²) in [5.74, 6) is 0.547. The Hall–Kier alpha value is -2.82. The zero-order chi connectivity index (χ0) is 31.2. The van der Waals surface area contributed by atoms with Crippen molar-refractivity contribution in [3.05, 3.63) is 70.6 Å². The topological polar surface area (TPSA) is 76.2 Å². The number of nitrogens with zero attached hydrogens (tertiary/aromatic N) is 2. The maximum atomic E-state index is 11.7. The van der Waals surface area contributed by atoms with Crippen LogP contribution in [0.2, 0.25) is 0 Å². The largest absolute Gasteiger partial charge is 0.512 e. The molecule has 6 heteroatoms. The summed E-state index contributed by atoms with van der Waals surface area (Å²) in [5, 5.41) is 20.8. The van der Waals surface area contributed by atoms with Crippen LogP contribution in [0, 0.1) is 44.1 Å². The zero-order valence-corrected chi connectivity index (χ0v) is 30.0. The Morgan fingerprint density at radius 1 is 0.953 bits per heavy atom. The van der Waals surface area contributed by atoms with Gasteiger partial charge in [0.05, 0.1) is 17.1 Å². The van der Waals surface area contributed by atoms with E-state index in [1.165, 1.54) is 17.2 Å². The SMILES string of the molecule is CCC(CC)C(=O)/C=C(\O)C(CC)CC.Cc1[c-]c(-c2nnc(C)c3c2oc2cc(CC(C)(C)C)ccc23)cc(C)c1.[Ir]. The fourth-order valence-corrected chi connectivity index (χ4v) is 5.59. The van der Waals surface area contributed by atoms with Gasteiger partial charge in [0.25, 0.3) is 0 Å². The number of rotatable bonds is 9. The molecular weight excluding hydrogens is 713 g/mol. The molecule has 0 aliphatic carbocycles. The Bertz CT molecular complexity index is 1530. The van der Waals surface area contributed by atoms with Crippen LogP contribution in [0.25, 0.3) is 33.2 Å². The fraction of sp³-hybridized carbons (Fsp3) is 0.486. The van der Waals surface area contributed by atoms with Crippen molar-refractivity contribution < 1.29 is 34.4 Å². The Labute approximate surface area is 271 Å². The van der Waals surface area contributed by atoms with Crippen molar-refractivity contribution in [3.63, 3.8) is 0 Å². The molecule has 2 aromatic heterocycles. The minimum absolute atomic E-state index is 0. The Morgan fingerprint density at radius 3 is 2.14 bits per heavy atom. The smallest absolute Gasteiger partial charge is 0.162 e. The van der Waals surface area contributed by atoms with Gasteiger partial charge in [-0.2, -0.15) is 10.2 Å². The molecule has 0 amide bonds. The molecule has 0 aliphatic rings. The number of carbonyl (C=O) groups is 1. The molecular formula is C37H49IrN2O3-. The third-order valence-corrected chi connectivity index (χ3v) is 7.85. The Balaban J connectivity index is 0.000000348. The van der Waals surface area contributed by atoms with E-state index in [2.05, 4.69) is 74.3 Å². The summed E-state index contributed by atoms with van der Waals surface area (Å²) < 4.78 is 6.33. The monoisotopic (exact) mass is 762 g/mol. The van der Waals surface area contributed by atoms with E-state index in [1.807, 2.05) is 41.5 Å². The Kier molecular flexibility index (Phi) is 13.3. The van der Waals surface area contributed by atoms with Gasteiger partial charge in [-0.1, -0.05) is 74.4 Å². The number of aryl methyl sites for hydroxylation is 3. The van der Waals surface area contributed by atoms with Crippen LogP contribution in [0.1, 0.15) is 96.5 Å². The number of aromatic nitrogens is 2. The summed E-state index contributed by atoms with van der Waals surface area (Å²) in [7, 11) is 0. The minimum atomic E-state index is 0. The average molecular weight is 762 g/mol. The van der Waals surface area contributed by atoms with Crippen LogP contribution < -0.4 is 0 Å². The van der Waals surface area contributed by atoms with Crippen molar-refractivity contribution in [1.82, 2.24) is 10.2 Å². The molecule has 4 aromatic rings. The van der Waals surface area contributed by atoms with Gasteiger partial charge in [-0.3, -0.25) is 4.79 Å². The van der Waals surface area contributed by atoms with Crippen LogP contribution in [-0.2, 0) is 31.3 Å². The van der Waals surface area contributed by atoms with E-state index < -0.39 is 0 Å². The number of fused-ring (bicyclic) bond motifs is 3. The number of allylic oxidation sites excluding steroid dienone is 2. The van der Waals surface area contributed by atoms with Crippen molar-refractivity contribution in [2.75, 3.05) is 0 Å². The van der Waals surface area contributed by atoms with Gasteiger partial charge in [0.1, 0.15) is 11.2 Å². The van der Waals surface area contributed by atoms with Crippen molar-refractivity contribution in [1.29, 1.82) is 0 Å². The normalized spacial score (nSPS) is 12.0. The van der Waals surface area contributed by atoms with Gasteiger partial charge in [-0.15, -0.1) is 34.9 Å². The van der Waals surface area contributed by atoms with E-state index >= 15 is 0 Å². The van der Waals surface area contributed by atoms with Crippen LogP contribution >= 0.6 is 0 Å². The molecule has 1 N–H and O–H groups in total. The summed E-state index contributed by atoms with van der Waals surface area (Å²) in [4.78, 5) is 11.7. The number of hydrogen-bond donors (Lipinski definition) is 1. The number of furan rings is 1. The zero-order valence-electron chi connectivity index (χ0n) is 27.6. The van der Waals surface area contributed by atoms with E-state index in [-0.39, 0.29) is 48.9 Å². The van der Waals surface area contributed by atoms with Gasteiger partial charge >= 0.3 is 0 Å². The van der Waals surface area contributed by atoms with Crippen molar-refractivity contribution in [2.24, 2.45) is 17.3 Å². The Morgan fingerprint density at radius 2 is 1.58 bits per heavy atom. The standard InChI is InChI=1S/C24H25N2O.C13H24O2.Ir/c1-14-9-15(2)11-18(10-14)22-23-21(16(3)25-26-22)19-8-7-17(12-20(19)27-23)13-24(4,5)6;1-5-10(6-2)12(14)9-13(15)11(7-3)8-4;/h7-10,12H,13H2,1-6H3;9-11,14H,5-8H2,1-4H3;/q-1;;/b;12-9-;. The van der Waals surface area contributed by atoms with Crippen LogP contribution in [-0.4, -0.2) is 21.1 Å². The first-order valence-electron chi connectivity index (χ1n) is 15.4. The van der Waals surface area contributed by atoms with Crippen LogP contribution in [0.15, 0.2) is 46.6 Å². The number of carbonyl (C=O) groups excluding carboxylic acids is 1. The predicted molar refractivity (Wildman–Crippen MR) is 175 cm³/mol. The molecule has 43 heavy (non-hydrogen) atoms. The molecule has 1 radical (unpaired) electrons. The van der Waals surface area contributed by atoms with Crippen molar-refractivity contribution in [3.8, 4) is 11.3 Å². The third kappa shape index (κ3) is 9.33. The van der Waals surface area contributed by atoms with Crippen LogP contribution in [0.4, 0.5) is 0 Å². The summed E-state index contributed by atoms with van der Waals surface area (Å²) in [6.45, 7) is 20.9. The molecule has 4 rings (SSSR count). The van der Waals surface area contributed by atoms with E-state index in [4.69, 9.17) is 4.42 Å². The van der Waals surface area contributed by atoms with Crippen LogP contribution in [0.3, 0.4) is 0 Å². The van der Waals surface area contributed by atoms with Gasteiger partial charge in [0, 0.05) is 48.8 Å². The number of aliphatic hydroxyl groups is 1. The van der Waals surface area contributed by atoms with Gasteiger partial charge < -0.3 is 9.52 Å². The molecule has 2 heterocycles. The second kappa shape index (κ2) is 15.8. The van der Waals surface area contributed by atoms with Gasteiger partial charge in [0.15, 0.2) is 5.78 Å². The second-order valence-electron chi connectivity index (χ2n) is 12.8. The first-order chi connectivity index (χ1) is 19.8. The maximum absolute atomic E-state index is 11.7. The predicted octanol–water partition coefficient (Wildman–Crippen LogP) is 10.2. The van der Waals surface area contributed by atoms with E-state index in [1.54, 1.807) is 0 Å². The van der Waals surface area contributed by atoms with Crippen molar-refractivity contribution in [2.45, 2.75) is 101 Å². The molecule has 0 unspecified atom stereocenters. The third-order valence-electron chi connectivity index (χ3n) is 7.85.